The first-order valence-corrected chi connectivity index (χ1v) is 5.69. The summed E-state index contributed by atoms with van der Waals surface area (Å²) in [7, 11) is 0. The van der Waals surface area contributed by atoms with Gasteiger partial charge in [-0.15, -0.1) is 11.3 Å². The second-order valence-corrected chi connectivity index (χ2v) is 4.97. The van der Waals surface area contributed by atoms with Crippen molar-refractivity contribution in [3.05, 3.63) is 23.0 Å². The highest BCUT2D eigenvalue weighted by Crippen LogP contribution is 2.39. The summed E-state index contributed by atoms with van der Waals surface area (Å²) in [5, 5.41) is 11.9. The standard InChI is InChI=1S/C10H12N2OS/c1-7-8(6-10(13)2-3-10)12-4-5-14-9(12)11-7/h4-5,13H,2-3,6H2,1H3. The molecule has 0 bridgehead atoms. The zero-order valence-electron chi connectivity index (χ0n) is 8.03. The predicted molar refractivity (Wildman–Crippen MR) is 55.7 cm³/mol. The molecule has 0 radical (unpaired) electrons. The number of hydrogen-bond donors (Lipinski definition) is 1. The summed E-state index contributed by atoms with van der Waals surface area (Å²) in [6, 6.07) is 0. The van der Waals surface area contributed by atoms with E-state index in [1.165, 1.54) is 5.69 Å². The molecule has 0 aromatic carbocycles. The van der Waals surface area contributed by atoms with Crippen LogP contribution in [0.4, 0.5) is 0 Å². The van der Waals surface area contributed by atoms with E-state index in [2.05, 4.69) is 9.38 Å². The number of imidazole rings is 1. The lowest BCUT2D eigenvalue weighted by Crippen LogP contribution is -2.12. The maximum absolute atomic E-state index is 9.88. The van der Waals surface area contributed by atoms with Gasteiger partial charge in [-0.3, -0.25) is 4.40 Å². The third-order valence-electron chi connectivity index (χ3n) is 2.88. The van der Waals surface area contributed by atoms with Crippen LogP contribution in [0.25, 0.3) is 4.96 Å². The highest BCUT2D eigenvalue weighted by Gasteiger charge is 2.41. The fourth-order valence-electron chi connectivity index (χ4n) is 1.79. The van der Waals surface area contributed by atoms with Gasteiger partial charge in [0.2, 0.25) is 0 Å². The summed E-state index contributed by atoms with van der Waals surface area (Å²) in [5.41, 5.74) is 1.79. The van der Waals surface area contributed by atoms with Gasteiger partial charge < -0.3 is 5.11 Å². The van der Waals surface area contributed by atoms with Crippen LogP contribution in [-0.2, 0) is 6.42 Å². The second-order valence-electron chi connectivity index (χ2n) is 4.10. The van der Waals surface area contributed by atoms with Crippen molar-refractivity contribution in [1.82, 2.24) is 9.38 Å². The number of thiazole rings is 1. The van der Waals surface area contributed by atoms with Gasteiger partial charge in [0.1, 0.15) is 0 Å². The summed E-state index contributed by atoms with van der Waals surface area (Å²) in [4.78, 5) is 5.48. The Morgan fingerprint density at radius 1 is 1.64 bits per heavy atom. The van der Waals surface area contributed by atoms with Crippen LogP contribution in [0.2, 0.25) is 0 Å². The minimum absolute atomic E-state index is 0.428. The Balaban J connectivity index is 2.08. The van der Waals surface area contributed by atoms with E-state index < -0.39 is 5.60 Å². The molecule has 14 heavy (non-hydrogen) atoms. The molecule has 0 spiro atoms. The summed E-state index contributed by atoms with van der Waals surface area (Å²) in [5.74, 6) is 0. The van der Waals surface area contributed by atoms with Crippen LogP contribution in [0.1, 0.15) is 24.2 Å². The molecule has 2 aromatic rings. The zero-order valence-corrected chi connectivity index (χ0v) is 8.84. The molecule has 4 heteroatoms. The maximum atomic E-state index is 9.88. The molecule has 1 aliphatic rings. The van der Waals surface area contributed by atoms with Crippen molar-refractivity contribution in [2.45, 2.75) is 31.8 Å². The van der Waals surface area contributed by atoms with Crippen LogP contribution in [0.5, 0.6) is 0 Å². The Morgan fingerprint density at radius 2 is 2.43 bits per heavy atom. The maximum Gasteiger partial charge on any atom is 0.194 e. The molecule has 1 saturated carbocycles. The molecule has 0 unspecified atom stereocenters. The number of fused-ring (bicyclic) bond motifs is 1. The first kappa shape index (κ1) is 8.44. The van der Waals surface area contributed by atoms with E-state index in [1.807, 2.05) is 18.5 Å². The van der Waals surface area contributed by atoms with Crippen LogP contribution >= 0.6 is 11.3 Å². The monoisotopic (exact) mass is 208 g/mol. The number of nitrogens with zero attached hydrogens (tertiary/aromatic N) is 2. The van der Waals surface area contributed by atoms with E-state index in [0.29, 0.717) is 0 Å². The largest absolute Gasteiger partial charge is 0.389 e. The van der Waals surface area contributed by atoms with E-state index in [-0.39, 0.29) is 0 Å². The van der Waals surface area contributed by atoms with Crippen molar-refractivity contribution in [2.75, 3.05) is 0 Å². The Labute approximate surface area is 86.0 Å². The number of aromatic nitrogens is 2. The second kappa shape index (κ2) is 2.58. The molecule has 0 aliphatic heterocycles. The van der Waals surface area contributed by atoms with Gasteiger partial charge >= 0.3 is 0 Å². The summed E-state index contributed by atoms with van der Waals surface area (Å²) in [6.07, 6.45) is 4.64. The van der Waals surface area contributed by atoms with Gasteiger partial charge in [0, 0.05) is 23.7 Å². The molecule has 3 nitrogen and oxygen atoms in total. The normalized spacial score (nSPS) is 19.0. The fraction of sp³-hybridized carbons (Fsp3) is 0.500. The van der Waals surface area contributed by atoms with E-state index >= 15 is 0 Å². The zero-order chi connectivity index (χ0) is 9.76. The minimum atomic E-state index is -0.428. The minimum Gasteiger partial charge on any atom is -0.389 e. The van der Waals surface area contributed by atoms with Crippen molar-refractivity contribution in [1.29, 1.82) is 0 Å². The molecular formula is C10H12N2OS. The molecular weight excluding hydrogens is 196 g/mol. The van der Waals surface area contributed by atoms with Gasteiger partial charge in [0.25, 0.3) is 0 Å². The van der Waals surface area contributed by atoms with Crippen LogP contribution in [0, 0.1) is 6.92 Å². The molecule has 0 atom stereocenters. The van der Waals surface area contributed by atoms with Gasteiger partial charge in [-0.25, -0.2) is 4.98 Å². The third-order valence-corrected chi connectivity index (χ3v) is 3.64. The highest BCUT2D eigenvalue weighted by atomic mass is 32.1. The lowest BCUT2D eigenvalue weighted by Gasteiger charge is -2.06. The molecule has 1 aliphatic carbocycles. The van der Waals surface area contributed by atoms with Crippen LogP contribution < -0.4 is 0 Å². The lowest BCUT2D eigenvalue weighted by atomic mass is 10.1. The Hall–Kier alpha value is -0.870. The quantitative estimate of drug-likeness (QED) is 0.816. The fourth-order valence-corrected chi connectivity index (χ4v) is 2.57. The smallest absolute Gasteiger partial charge is 0.194 e. The van der Waals surface area contributed by atoms with Gasteiger partial charge in [-0.2, -0.15) is 0 Å². The Bertz CT molecular complexity index is 481. The van der Waals surface area contributed by atoms with E-state index in [0.717, 1.165) is 29.9 Å². The summed E-state index contributed by atoms with van der Waals surface area (Å²) >= 11 is 1.64. The number of aryl methyl sites for hydroxylation is 1. The average Bonchev–Trinajstić information content (AvgIpc) is 2.58. The SMILES string of the molecule is Cc1nc2sccn2c1CC1(O)CC1. The number of aliphatic hydroxyl groups is 1. The summed E-state index contributed by atoms with van der Waals surface area (Å²) in [6.45, 7) is 2.01. The first-order valence-electron chi connectivity index (χ1n) is 4.81. The Kier molecular flexibility index (Phi) is 1.56. The number of hydrogen-bond acceptors (Lipinski definition) is 3. The topological polar surface area (TPSA) is 37.5 Å². The molecule has 74 valence electrons. The first-order chi connectivity index (χ1) is 6.68. The van der Waals surface area contributed by atoms with Gasteiger partial charge in [-0.1, -0.05) is 0 Å². The van der Waals surface area contributed by atoms with Gasteiger partial charge in [0.05, 0.1) is 11.3 Å². The van der Waals surface area contributed by atoms with E-state index in [1.54, 1.807) is 11.3 Å². The van der Waals surface area contributed by atoms with Crippen molar-refractivity contribution < 1.29 is 5.11 Å². The van der Waals surface area contributed by atoms with Crippen LogP contribution in [0.3, 0.4) is 0 Å². The lowest BCUT2D eigenvalue weighted by molar-refractivity contribution is 0.149. The van der Waals surface area contributed by atoms with E-state index in [4.69, 9.17) is 0 Å². The molecule has 3 rings (SSSR count). The average molecular weight is 208 g/mol. The van der Waals surface area contributed by atoms with Crippen molar-refractivity contribution >= 4 is 16.3 Å². The predicted octanol–water partition coefficient (Wildman–Crippen LogP) is 1.77. The van der Waals surface area contributed by atoms with Crippen molar-refractivity contribution in [3.8, 4) is 0 Å². The van der Waals surface area contributed by atoms with E-state index in [9.17, 15) is 5.11 Å². The third kappa shape index (κ3) is 1.18. The van der Waals surface area contributed by atoms with Crippen LogP contribution in [0.15, 0.2) is 11.6 Å². The molecule has 0 amide bonds. The molecule has 1 N–H and O–H groups in total. The van der Waals surface area contributed by atoms with Crippen molar-refractivity contribution in [3.63, 3.8) is 0 Å². The molecule has 1 fully saturated rings. The van der Waals surface area contributed by atoms with Crippen LogP contribution in [-0.4, -0.2) is 20.1 Å². The highest BCUT2D eigenvalue weighted by molar-refractivity contribution is 7.15. The molecule has 2 heterocycles. The summed E-state index contributed by atoms with van der Waals surface area (Å²) < 4.78 is 2.09. The Morgan fingerprint density at radius 3 is 3.14 bits per heavy atom. The number of rotatable bonds is 2. The van der Waals surface area contributed by atoms with Gasteiger partial charge in [0.15, 0.2) is 4.96 Å². The van der Waals surface area contributed by atoms with Gasteiger partial charge in [-0.05, 0) is 19.8 Å². The molecule has 0 saturated heterocycles. The van der Waals surface area contributed by atoms with Crippen molar-refractivity contribution in [2.24, 2.45) is 0 Å². The molecule has 2 aromatic heterocycles.